The Hall–Kier alpha value is -0.870. The molecule has 0 spiro atoms. The molecule has 96 valence electrons. The lowest BCUT2D eigenvalue weighted by atomic mass is 10.2. The van der Waals surface area contributed by atoms with E-state index in [0.717, 1.165) is 24.5 Å². The first-order valence-electron chi connectivity index (χ1n) is 5.77. The molecule has 17 heavy (non-hydrogen) atoms. The first kappa shape index (κ1) is 14.2. The molecule has 0 aromatic carbocycles. The Morgan fingerprint density at radius 1 is 1.47 bits per heavy atom. The van der Waals surface area contributed by atoms with Crippen LogP contribution in [-0.2, 0) is 4.74 Å². The SMILES string of the molecule is COCCN(CC(C)C)c1nc(Cl)ncc1C. The fourth-order valence-electron chi connectivity index (χ4n) is 1.66. The predicted molar refractivity (Wildman–Crippen MR) is 70.7 cm³/mol. The summed E-state index contributed by atoms with van der Waals surface area (Å²) in [5, 5.41) is 0.289. The van der Waals surface area contributed by atoms with Gasteiger partial charge in [0, 0.05) is 32.0 Å². The molecule has 0 radical (unpaired) electrons. The second kappa shape index (κ2) is 6.77. The standard InChI is InChI=1S/C12H20ClN3O/c1-9(2)8-16(5-6-17-4)11-10(3)7-14-12(13)15-11/h7,9H,5-6,8H2,1-4H3. The fourth-order valence-corrected chi connectivity index (χ4v) is 1.79. The average Bonchev–Trinajstić information content (AvgIpc) is 2.27. The number of aryl methyl sites for hydroxylation is 1. The van der Waals surface area contributed by atoms with Crippen LogP contribution in [0.2, 0.25) is 5.28 Å². The maximum Gasteiger partial charge on any atom is 0.224 e. The molecule has 0 aliphatic carbocycles. The Morgan fingerprint density at radius 2 is 2.18 bits per heavy atom. The average molecular weight is 258 g/mol. The molecule has 0 saturated carbocycles. The maximum atomic E-state index is 5.85. The number of nitrogens with zero attached hydrogens (tertiary/aromatic N) is 3. The highest BCUT2D eigenvalue weighted by Crippen LogP contribution is 2.19. The van der Waals surface area contributed by atoms with Crippen LogP contribution in [0.15, 0.2) is 6.20 Å². The third-order valence-electron chi connectivity index (χ3n) is 2.37. The Kier molecular flexibility index (Phi) is 5.65. The Morgan fingerprint density at radius 3 is 2.76 bits per heavy atom. The third kappa shape index (κ3) is 4.48. The van der Waals surface area contributed by atoms with Crippen LogP contribution in [0.1, 0.15) is 19.4 Å². The smallest absolute Gasteiger partial charge is 0.224 e. The Labute approximate surface area is 108 Å². The van der Waals surface area contributed by atoms with Gasteiger partial charge >= 0.3 is 0 Å². The molecule has 5 heteroatoms. The summed E-state index contributed by atoms with van der Waals surface area (Å²) in [4.78, 5) is 10.5. The molecular formula is C12H20ClN3O. The van der Waals surface area contributed by atoms with Gasteiger partial charge in [-0.05, 0) is 24.4 Å². The molecule has 0 aliphatic rings. The van der Waals surface area contributed by atoms with Gasteiger partial charge < -0.3 is 9.64 Å². The number of hydrogen-bond donors (Lipinski definition) is 0. The molecule has 0 bridgehead atoms. The summed E-state index contributed by atoms with van der Waals surface area (Å²) < 4.78 is 5.13. The Balaban J connectivity index is 2.90. The largest absolute Gasteiger partial charge is 0.383 e. The third-order valence-corrected chi connectivity index (χ3v) is 2.55. The zero-order valence-corrected chi connectivity index (χ0v) is 11.7. The molecule has 1 aromatic heterocycles. The number of halogens is 1. The highest BCUT2D eigenvalue weighted by atomic mass is 35.5. The van der Waals surface area contributed by atoms with Crippen LogP contribution < -0.4 is 4.90 Å². The molecule has 0 unspecified atom stereocenters. The molecule has 1 aromatic rings. The van der Waals surface area contributed by atoms with Crippen molar-refractivity contribution in [2.75, 3.05) is 31.7 Å². The van der Waals surface area contributed by atoms with Gasteiger partial charge in [0.05, 0.1) is 6.61 Å². The van der Waals surface area contributed by atoms with Crippen molar-refractivity contribution in [2.24, 2.45) is 5.92 Å². The summed E-state index contributed by atoms with van der Waals surface area (Å²) in [6.07, 6.45) is 1.75. The van der Waals surface area contributed by atoms with Crippen molar-refractivity contribution in [2.45, 2.75) is 20.8 Å². The molecule has 0 amide bonds. The van der Waals surface area contributed by atoms with Crippen LogP contribution in [0.25, 0.3) is 0 Å². The zero-order chi connectivity index (χ0) is 12.8. The van der Waals surface area contributed by atoms with Crippen molar-refractivity contribution in [3.63, 3.8) is 0 Å². The second-order valence-corrected chi connectivity index (χ2v) is 4.82. The van der Waals surface area contributed by atoms with Gasteiger partial charge in [0.15, 0.2) is 0 Å². The van der Waals surface area contributed by atoms with E-state index in [1.54, 1.807) is 13.3 Å². The van der Waals surface area contributed by atoms with Crippen LogP contribution in [0.4, 0.5) is 5.82 Å². The van der Waals surface area contributed by atoms with E-state index in [-0.39, 0.29) is 5.28 Å². The van der Waals surface area contributed by atoms with Crippen molar-refractivity contribution in [1.82, 2.24) is 9.97 Å². The van der Waals surface area contributed by atoms with Crippen molar-refractivity contribution < 1.29 is 4.74 Å². The van der Waals surface area contributed by atoms with Gasteiger partial charge in [-0.15, -0.1) is 0 Å². The minimum absolute atomic E-state index is 0.289. The van der Waals surface area contributed by atoms with Crippen LogP contribution in [0.5, 0.6) is 0 Å². The second-order valence-electron chi connectivity index (χ2n) is 4.48. The van der Waals surface area contributed by atoms with E-state index in [1.165, 1.54) is 0 Å². The lowest BCUT2D eigenvalue weighted by Gasteiger charge is -2.26. The Bertz CT molecular complexity index is 358. The lowest BCUT2D eigenvalue weighted by molar-refractivity contribution is 0.204. The zero-order valence-electron chi connectivity index (χ0n) is 10.9. The van der Waals surface area contributed by atoms with E-state index in [0.29, 0.717) is 12.5 Å². The summed E-state index contributed by atoms with van der Waals surface area (Å²) in [5.41, 5.74) is 1.03. The van der Waals surface area contributed by atoms with Crippen LogP contribution in [0, 0.1) is 12.8 Å². The van der Waals surface area contributed by atoms with E-state index in [2.05, 4.69) is 28.7 Å². The van der Waals surface area contributed by atoms with Gasteiger partial charge in [0.25, 0.3) is 0 Å². The summed E-state index contributed by atoms with van der Waals surface area (Å²) in [7, 11) is 1.70. The van der Waals surface area contributed by atoms with Gasteiger partial charge in [-0.25, -0.2) is 9.97 Å². The number of aromatic nitrogens is 2. The minimum Gasteiger partial charge on any atom is -0.383 e. The molecule has 1 heterocycles. The van der Waals surface area contributed by atoms with Crippen molar-refractivity contribution in [3.8, 4) is 0 Å². The number of ether oxygens (including phenoxy) is 1. The van der Waals surface area contributed by atoms with E-state index in [4.69, 9.17) is 16.3 Å². The predicted octanol–water partition coefficient (Wildman–Crippen LogP) is 2.55. The normalized spacial score (nSPS) is 10.9. The molecule has 0 atom stereocenters. The first-order chi connectivity index (χ1) is 8.04. The summed E-state index contributed by atoms with van der Waals surface area (Å²) in [6.45, 7) is 8.76. The van der Waals surface area contributed by atoms with Gasteiger partial charge in [-0.3, -0.25) is 0 Å². The fraction of sp³-hybridized carbons (Fsp3) is 0.667. The number of anilines is 1. The topological polar surface area (TPSA) is 38.2 Å². The van der Waals surface area contributed by atoms with E-state index in [9.17, 15) is 0 Å². The van der Waals surface area contributed by atoms with Crippen molar-refractivity contribution in [1.29, 1.82) is 0 Å². The molecular weight excluding hydrogens is 238 g/mol. The van der Waals surface area contributed by atoms with Gasteiger partial charge in [-0.2, -0.15) is 0 Å². The van der Waals surface area contributed by atoms with Crippen molar-refractivity contribution >= 4 is 17.4 Å². The molecule has 4 nitrogen and oxygen atoms in total. The summed E-state index contributed by atoms with van der Waals surface area (Å²) >= 11 is 5.85. The monoisotopic (exact) mass is 257 g/mol. The molecule has 0 N–H and O–H groups in total. The maximum absolute atomic E-state index is 5.85. The molecule has 0 fully saturated rings. The summed E-state index contributed by atoms with van der Waals surface area (Å²) in [5.74, 6) is 1.45. The number of rotatable bonds is 6. The van der Waals surface area contributed by atoms with E-state index < -0.39 is 0 Å². The lowest BCUT2D eigenvalue weighted by Crippen LogP contribution is -2.32. The summed E-state index contributed by atoms with van der Waals surface area (Å²) in [6, 6.07) is 0. The first-order valence-corrected chi connectivity index (χ1v) is 6.15. The van der Waals surface area contributed by atoms with Crippen molar-refractivity contribution in [3.05, 3.63) is 17.0 Å². The van der Waals surface area contributed by atoms with Crippen LogP contribution >= 0.6 is 11.6 Å². The number of hydrogen-bond acceptors (Lipinski definition) is 4. The van der Waals surface area contributed by atoms with Crippen LogP contribution in [0.3, 0.4) is 0 Å². The van der Waals surface area contributed by atoms with Gasteiger partial charge in [-0.1, -0.05) is 13.8 Å². The highest BCUT2D eigenvalue weighted by Gasteiger charge is 2.13. The highest BCUT2D eigenvalue weighted by molar-refractivity contribution is 6.28. The molecule has 0 saturated heterocycles. The van der Waals surface area contributed by atoms with E-state index in [1.807, 2.05) is 6.92 Å². The minimum atomic E-state index is 0.289. The quantitative estimate of drug-likeness (QED) is 0.734. The van der Waals surface area contributed by atoms with Gasteiger partial charge in [0.2, 0.25) is 5.28 Å². The van der Waals surface area contributed by atoms with Gasteiger partial charge in [0.1, 0.15) is 5.82 Å². The molecule has 0 aliphatic heterocycles. The van der Waals surface area contributed by atoms with Crippen LogP contribution in [-0.4, -0.2) is 36.8 Å². The number of methoxy groups -OCH3 is 1. The molecule has 1 rings (SSSR count). The van der Waals surface area contributed by atoms with E-state index >= 15 is 0 Å².